The van der Waals surface area contributed by atoms with Gasteiger partial charge in [-0.05, 0) is 18.2 Å². The third kappa shape index (κ3) is 3.28. The summed E-state index contributed by atoms with van der Waals surface area (Å²) in [4.78, 5) is 20.6. The molecule has 2 aromatic heterocycles. The summed E-state index contributed by atoms with van der Waals surface area (Å²) >= 11 is 5.74. The van der Waals surface area contributed by atoms with Crippen LogP contribution in [0.25, 0.3) is 0 Å². The molecule has 3 rings (SSSR count). The second-order valence-electron chi connectivity index (χ2n) is 5.19. The van der Waals surface area contributed by atoms with Gasteiger partial charge < -0.3 is 9.88 Å². The predicted octanol–water partition coefficient (Wildman–Crippen LogP) is 3.13. The van der Waals surface area contributed by atoms with E-state index in [1.54, 1.807) is 48.3 Å². The van der Waals surface area contributed by atoms with Crippen LogP contribution in [0, 0.1) is 5.82 Å². The summed E-state index contributed by atoms with van der Waals surface area (Å²) in [6.07, 6.45) is 4.70. The van der Waals surface area contributed by atoms with E-state index in [1.807, 2.05) is 0 Å². The first-order valence-electron chi connectivity index (χ1n) is 7.20. The fourth-order valence-corrected chi connectivity index (χ4v) is 2.48. The van der Waals surface area contributed by atoms with Gasteiger partial charge in [0.15, 0.2) is 0 Å². The Balaban J connectivity index is 1.97. The monoisotopic (exact) mass is 344 g/mol. The molecule has 1 unspecified atom stereocenters. The summed E-state index contributed by atoms with van der Waals surface area (Å²) in [5.74, 6) is -0.286. The van der Waals surface area contributed by atoms with Gasteiger partial charge in [-0.15, -0.1) is 0 Å². The molecule has 122 valence electrons. The minimum Gasteiger partial charge on any atom is -0.338 e. The van der Waals surface area contributed by atoms with E-state index in [-0.39, 0.29) is 0 Å². The lowest BCUT2D eigenvalue weighted by atomic mass is 10.0. The van der Waals surface area contributed by atoms with E-state index in [9.17, 15) is 9.18 Å². The molecule has 0 aliphatic rings. The topological polar surface area (TPSA) is 59.8 Å². The number of aryl methyl sites for hydroxylation is 1. The first-order valence-corrected chi connectivity index (χ1v) is 7.58. The summed E-state index contributed by atoms with van der Waals surface area (Å²) in [7, 11) is 1.78. The molecule has 3 aromatic rings. The molecule has 1 amide bonds. The number of benzene rings is 1. The molecule has 0 aliphatic carbocycles. The van der Waals surface area contributed by atoms with Gasteiger partial charge in [0.05, 0.1) is 5.56 Å². The highest BCUT2D eigenvalue weighted by Gasteiger charge is 2.24. The SMILES string of the molecule is Cn1ccnc1C(NC(=O)c1ccc(Cl)nc1)c1ccccc1F. The smallest absolute Gasteiger partial charge is 0.253 e. The summed E-state index contributed by atoms with van der Waals surface area (Å²) < 4.78 is 16.0. The van der Waals surface area contributed by atoms with Gasteiger partial charge in [0, 0.05) is 31.2 Å². The molecule has 0 fully saturated rings. The van der Waals surface area contributed by atoms with Crippen LogP contribution >= 0.6 is 11.6 Å². The molecular weight excluding hydrogens is 331 g/mol. The van der Waals surface area contributed by atoms with Crippen molar-refractivity contribution in [3.63, 3.8) is 0 Å². The first kappa shape index (κ1) is 16.1. The highest BCUT2D eigenvalue weighted by atomic mass is 35.5. The Morgan fingerprint density at radius 2 is 2.04 bits per heavy atom. The minimum atomic E-state index is -0.727. The van der Waals surface area contributed by atoms with Gasteiger partial charge in [-0.3, -0.25) is 4.79 Å². The molecule has 0 bridgehead atoms. The van der Waals surface area contributed by atoms with Crippen LogP contribution in [0.5, 0.6) is 0 Å². The van der Waals surface area contributed by atoms with E-state index in [0.29, 0.717) is 22.1 Å². The maximum absolute atomic E-state index is 14.3. The largest absolute Gasteiger partial charge is 0.338 e. The molecule has 1 N–H and O–H groups in total. The number of imidazole rings is 1. The standard InChI is InChI=1S/C17H14ClFN4O/c1-23-9-8-20-16(23)15(12-4-2-3-5-13(12)19)22-17(24)11-6-7-14(18)21-10-11/h2-10,15H,1H3,(H,22,24). The van der Waals surface area contributed by atoms with Crippen molar-refractivity contribution in [2.24, 2.45) is 7.05 Å². The number of carbonyl (C=O) groups excluding carboxylic acids is 1. The quantitative estimate of drug-likeness (QED) is 0.740. The maximum atomic E-state index is 14.3. The summed E-state index contributed by atoms with van der Waals surface area (Å²) in [6, 6.07) is 8.63. The molecule has 24 heavy (non-hydrogen) atoms. The van der Waals surface area contributed by atoms with Gasteiger partial charge >= 0.3 is 0 Å². The molecule has 1 atom stereocenters. The number of carbonyl (C=O) groups is 1. The number of aromatic nitrogens is 3. The molecule has 2 heterocycles. The number of nitrogens with one attached hydrogen (secondary N) is 1. The van der Waals surface area contributed by atoms with Crippen LogP contribution < -0.4 is 5.32 Å². The number of amides is 1. The first-order chi connectivity index (χ1) is 11.6. The van der Waals surface area contributed by atoms with Gasteiger partial charge in [-0.2, -0.15) is 0 Å². The number of hydrogen-bond acceptors (Lipinski definition) is 3. The fourth-order valence-electron chi connectivity index (χ4n) is 2.37. The van der Waals surface area contributed by atoms with E-state index in [0.717, 1.165) is 0 Å². The van der Waals surface area contributed by atoms with Crippen LogP contribution in [-0.2, 0) is 7.05 Å². The Morgan fingerprint density at radius 3 is 2.67 bits per heavy atom. The van der Waals surface area contributed by atoms with Crippen molar-refractivity contribution in [1.29, 1.82) is 0 Å². The average Bonchev–Trinajstić information content (AvgIpc) is 3.00. The molecule has 1 aromatic carbocycles. The molecule has 0 radical (unpaired) electrons. The normalized spacial score (nSPS) is 12.0. The number of pyridine rings is 1. The highest BCUT2D eigenvalue weighted by Crippen LogP contribution is 2.23. The van der Waals surface area contributed by atoms with Crippen molar-refractivity contribution in [3.05, 3.63) is 82.9 Å². The molecule has 0 saturated heterocycles. The number of nitrogens with zero attached hydrogens (tertiary/aromatic N) is 3. The fraction of sp³-hybridized carbons (Fsp3) is 0.118. The molecule has 0 aliphatic heterocycles. The van der Waals surface area contributed by atoms with Crippen molar-refractivity contribution in [2.45, 2.75) is 6.04 Å². The van der Waals surface area contributed by atoms with E-state index in [1.165, 1.54) is 18.3 Å². The van der Waals surface area contributed by atoms with E-state index in [4.69, 9.17) is 11.6 Å². The Kier molecular flexibility index (Phi) is 4.57. The minimum absolute atomic E-state index is 0.293. The van der Waals surface area contributed by atoms with Crippen molar-refractivity contribution >= 4 is 17.5 Å². The van der Waals surface area contributed by atoms with Gasteiger partial charge in [-0.25, -0.2) is 14.4 Å². The third-order valence-electron chi connectivity index (χ3n) is 3.60. The molecular formula is C17H14ClFN4O. The van der Waals surface area contributed by atoms with Crippen LogP contribution in [0.2, 0.25) is 5.15 Å². The summed E-state index contributed by atoms with van der Waals surface area (Å²) in [6.45, 7) is 0. The van der Waals surface area contributed by atoms with Crippen LogP contribution in [0.1, 0.15) is 27.8 Å². The van der Waals surface area contributed by atoms with E-state index < -0.39 is 17.8 Å². The second-order valence-corrected chi connectivity index (χ2v) is 5.58. The Labute approximate surface area is 143 Å². The van der Waals surface area contributed by atoms with Gasteiger partial charge in [0.1, 0.15) is 22.8 Å². The predicted molar refractivity (Wildman–Crippen MR) is 88.2 cm³/mol. The number of halogens is 2. The lowest BCUT2D eigenvalue weighted by Gasteiger charge is -2.19. The van der Waals surface area contributed by atoms with Gasteiger partial charge in [0.25, 0.3) is 5.91 Å². The maximum Gasteiger partial charge on any atom is 0.253 e. The third-order valence-corrected chi connectivity index (χ3v) is 3.82. The Bertz CT molecular complexity index is 863. The van der Waals surface area contributed by atoms with Gasteiger partial charge in [-0.1, -0.05) is 29.8 Å². The zero-order chi connectivity index (χ0) is 17.1. The van der Waals surface area contributed by atoms with Crippen molar-refractivity contribution in [3.8, 4) is 0 Å². The van der Waals surface area contributed by atoms with Crippen molar-refractivity contribution in [1.82, 2.24) is 19.9 Å². The molecule has 5 nitrogen and oxygen atoms in total. The average molecular weight is 345 g/mol. The van der Waals surface area contributed by atoms with Crippen LogP contribution in [-0.4, -0.2) is 20.4 Å². The molecule has 0 saturated carbocycles. The van der Waals surface area contributed by atoms with E-state index in [2.05, 4.69) is 15.3 Å². The number of rotatable bonds is 4. The van der Waals surface area contributed by atoms with Crippen LogP contribution in [0.4, 0.5) is 4.39 Å². The molecule has 7 heteroatoms. The Morgan fingerprint density at radius 1 is 1.25 bits per heavy atom. The highest BCUT2D eigenvalue weighted by molar-refractivity contribution is 6.29. The van der Waals surface area contributed by atoms with Crippen molar-refractivity contribution < 1.29 is 9.18 Å². The summed E-state index contributed by atoms with van der Waals surface area (Å²) in [5.41, 5.74) is 0.664. The summed E-state index contributed by atoms with van der Waals surface area (Å²) in [5, 5.41) is 3.10. The number of hydrogen-bond donors (Lipinski definition) is 1. The van der Waals surface area contributed by atoms with Crippen molar-refractivity contribution in [2.75, 3.05) is 0 Å². The lowest BCUT2D eigenvalue weighted by Crippen LogP contribution is -2.31. The second kappa shape index (κ2) is 6.80. The van der Waals surface area contributed by atoms with Crippen LogP contribution in [0.15, 0.2) is 55.0 Å². The van der Waals surface area contributed by atoms with Crippen LogP contribution in [0.3, 0.4) is 0 Å². The lowest BCUT2D eigenvalue weighted by molar-refractivity contribution is 0.0940. The van der Waals surface area contributed by atoms with Gasteiger partial charge in [0.2, 0.25) is 0 Å². The Hall–Kier alpha value is -2.73. The molecule has 0 spiro atoms. The zero-order valence-corrected chi connectivity index (χ0v) is 13.5. The zero-order valence-electron chi connectivity index (χ0n) is 12.8. The van der Waals surface area contributed by atoms with E-state index >= 15 is 0 Å².